The third kappa shape index (κ3) is 3.89. The predicted molar refractivity (Wildman–Crippen MR) is 37.0 cm³/mol. The highest BCUT2D eigenvalue weighted by Crippen LogP contribution is 2.56. The number of rotatable bonds is 5. The Balaban J connectivity index is 4.59. The Hall–Kier alpha value is -0.200. The van der Waals surface area contributed by atoms with Gasteiger partial charge in [0.15, 0.2) is 0 Å². The number of hydrogen-bond donors (Lipinski definition) is 0. The van der Waals surface area contributed by atoms with Crippen LogP contribution in [0.2, 0.25) is 0 Å². The van der Waals surface area contributed by atoms with Gasteiger partial charge in [-0.05, 0) is 6.92 Å². The van der Waals surface area contributed by atoms with Gasteiger partial charge in [0.05, 0.1) is 6.61 Å². The maximum Gasteiger partial charge on any atom is 0.518 e. The van der Waals surface area contributed by atoms with E-state index in [0.29, 0.717) is 0 Å². The third-order valence-electron chi connectivity index (χ3n) is 1.02. The van der Waals surface area contributed by atoms with Crippen LogP contribution in [0.1, 0.15) is 13.8 Å². The summed E-state index contributed by atoms with van der Waals surface area (Å²) in [5.74, 6) is -4.65. The van der Waals surface area contributed by atoms with Crippen LogP contribution in [0.5, 0.6) is 0 Å². The maximum atomic E-state index is 12.4. The molecule has 0 aliphatic heterocycles. The highest BCUT2D eigenvalue weighted by atomic mass is 31.2. The van der Waals surface area contributed by atoms with Crippen LogP contribution in [-0.4, -0.2) is 18.6 Å². The standard InChI is InChI=1S/C5H8F5O3P/c1-3-12-14(10,11)13-5(8,9)4(2,6)7/h3H2,1-2H3. The lowest BCUT2D eigenvalue weighted by atomic mass is 10.4. The van der Waals surface area contributed by atoms with Gasteiger partial charge in [-0.2, -0.15) is 17.6 Å². The lowest BCUT2D eigenvalue weighted by Crippen LogP contribution is -2.39. The van der Waals surface area contributed by atoms with Gasteiger partial charge in [0, 0.05) is 6.92 Å². The molecule has 0 N–H and O–H groups in total. The number of halogens is 5. The molecule has 3 nitrogen and oxygen atoms in total. The van der Waals surface area contributed by atoms with Gasteiger partial charge in [0.1, 0.15) is 0 Å². The summed E-state index contributed by atoms with van der Waals surface area (Å²) in [6.07, 6.45) is -5.17. The molecule has 0 saturated carbocycles. The zero-order chi connectivity index (χ0) is 11.6. The summed E-state index contributed by atoms with van der Waals surface area (Å²) in [4.78, 5) is 0. The highest BCUT2D eigenvalue weighted by molar-refractivity contribution is 7.48. The molecule has 0 amide bonds. The van der Waals surface area contributed by atoms with Crippen molar-refractivity contribution in [3.63, 3.8) is 0 Å². The van der Waals surface area contributed by atoms with Crippen molar-refractivity contribution >= 4 is 7.91 Å². The van der Waals surface area contributed by atoms with E-state index >= 15 is 0 Å². The fourth-order valence-corrected chi connectivity index (χ4v) is 1.19. The zero-order valence-corrected chi connectivity index (χ0v) is 8.16. The predicted octanol–water partition coefficient (Wildman–Crippen LogP) is 3.37. The van der Waals surface area contributed by atoms with Crippen molar-refractivity contribution < 1.29 is 35.4 Å². The van der Waals surface area contributed by atoms with Crippen molar-refractivity contribution in [3.05, 3.63) is 0 Å². The first-order valence-electron chi connectivity index (χ1n) is 3.42. The minimum absolute atomic E-state index is 0.195. The van der Waals surface area contributed by atoms with Crippen molar-refractivity contribution in [2.24, 2.45) is 0 Å². The molecule has 0 rings (SSSR count). The monoisotopic (exact) mass is 242 g/mol. The molecule has 0 saturated heterocycles. The first kappa shape index (κ1) is 13.8. The molecule has 0 fully saturated rings. The Kier molecular flexibility index (Phi) is 4.06. The normalized spacial score (nSPS) is 17.9. The molecular weight excluding hydrogens is 234 g/mol. The van der Waals surface area contributed by atoms with E-state index in [9.17, 15) is 26.3 Å². The molecule has 0 spiro atoms. The second-order valence-corrected chi connectivity index (χ2v) is 3.65. The van der Waals surface area contributed by atoms with Crippen LogP contribution in [0, 0.1) is 0 Å². The largest absolute Gasteiger partial charge is 0.518 e. The molecule has 9 heteroatoms. The van der Waals surface area contributed by atoms with E-state index < -0.39 is 26.5 Å². The molecule has 0 aromatic heterocycles. The molecule has 0 aromatic rings. The van der Waals surface area contributed by atoms with Gasteiger partial charge in [-0.1, -0.05) is 0 Å². The maximum absolute atomic E-state index is 12.4. The Labute approximate surface area is 76.8 Å². The summed E-state index contributed by atoms with van der Waals surface area (Å²) in [6.45, 7) is 0.399. The van der Waals surface area contributed by atoms with Gasteiger partial charge in [-0.3, -0.25) is 4.52 Å². The minimum atomic E-state index is -5.64. The topological polar surface area (TPSA) is 35.5 Å². The average Bonchev–Trinajstić information content (AvgIpc) is 1.80. The smallest absolute Gasteiger partial charge is 0.284 e. The summed E-state index contributed by atoms with van der Waals surface area (Å²) < 4.78 is 77.9. The Morgan fingerprint density at radius 2 is 1.71 bits per heavy atom. The molecule has 0 aliphatic rings. The fourth-order valence-electron chi connectivity index (χ4n) is 0.398. The third-order valence-corrected chi connectivity index (χ3v) is 2.03. The minimum Gasteiger partial charge on any atom is -0.284 e. The second-order valence-electron chi connectivity index (χ2n) is 2.34. The van der Waals surface area contributed by atoms with Crippen LogP contribution in [0.4, 0.5) is 21.8 Å². The van der Waals surface area contributed by atoms with Crippen molar-refractivity contribution in [1.29, 1.82) is 0 Å². The Bertz CT molecular complexity index is 238. The van der Waals surface area contributed by atoms with E-state index in [1.165, 1.54) is 0 Å². The van der Waals surface area contributed by atoms with Crippen LogP contribution < -0.4 is 0 Å². The number of hydrogen-bond acceptors (Lipinski definition) is 3. The van der Waals surface area contributed by atoms with Gasteiger partial charge in [0.25, 0.3) is 0 Å². The van der Waals surface area contributed by atoms with Gasteiger partial charge in [-0.15, -0.1) is 4.20 Å². The summed E-state index contributed by atoms with van der Waals surface area (Å²) in [5.41, 5.74) is 0. The lowest BCUT2D eigenvalue weighted by molar-refractivity contribution is -0.306. The highest BCUT2D eigenvalue weighted by Gasteiger charge is 2.58. The summed E-state index contributed by atoms with van der Waals surface area (Å²) in [7, 11) is -5.64. The second kappa shape index (κ2) is 4.12. The van der Waals surface area contributed by atoms with Crippen LogP contribution in [0.15, 0.2) is 0 Å². The van der Waals surface area contributed by atoms with Crippen molar-refractivity contribution in [2.75, 3.05) is 6.61 Å². The molecule has 0 bridgehead atoms. The van der Waals surface area contributed by atoms with E-state index in [-0.39, 0.29) is 6.92 Å². The first-order valence-corrected chi connectivity index (χ1v) is 4.86. The molecule has 14 heavy (non-hydrogen) atoms. The first-order chi connectivity index (χ1) is 6.02. The van der Waals surface area contributed by atoms with E-state index in [1.807, 2.05) is 0 Å². The van der Waals surface area contributed by atoms with Gasteiger partial charge in [0.2, 0.25) is 0 Å². The van der Waals surface area contributed by atoms with Crippen molar-refractivity contribution in [1.82, 2.24) is 0 Å². The molecule has 1 atom stereocenters. The van der Waals surface area contributed by atoms with Gasteiger partial charge < -0.3 is 0 Å². The zero-order valence-electron chi connectivity index (χ0n) is 7.27. The van der Waals surface area contributed by atoms with Crippen LogP contribution in [0.3, 0.4) is 0 Å². The van der Waals surface area contributed by atoms with E-state index in [4.69, 9.17) is 0 Å². The summed E-state index contributed by atoms with van der Waals surface area (Å²) in [6, 6.07) is 0. The van der Waals surface area contributed by atoms with Crippen molar-refractivity contribution in [3.8, 4) is 0 Å². The Morgan fingerprint density at radius 3 is 2.00 bits per heavy atom. The SMILES string of the molecule is CCOP(=O)(F)OC(F)(F)C(C)(F)F. The fraction of sp³-hybridized carbons (Fsp3) is 1.00. The van der Waals surface area contributed by atoms with Crippen LogP contribution >= 0.6 is 7.91 Å². The van der Waals surface area contributed by atoms with E-state index in [0.717, 1.165) is 6.92 Å². The quantitative estimate of drug-likeness (QED) is 0.547. The number of alkyl halides is 4. The van der Waals surface area contributed by atoms with E-state index in [1.54, 1.807) is 0 Å². The van der Waals surface area contributed by atoms with Crippen LogP contribution in [0.25, 0.3) is 0 Å². The van der Waals surface area contributed by atoms with Gasteiger partial charge >= 0.3 is 19.9 Å². The van der Waals surface area contributed by atoms with Crippen molar-refractivity contribution in [2.45, 2.75) is 25.9 Å². The summed E-state index contributed by atoms with van der Waals surface area (Å²) >= 11 is 0. The van der Waals surface area contributed by atoms with E-state index in [2.05, 4.69) is 9.05 Å². The van der Waals surface area contributed by atoms with Gasteiger partial charge in [-0.25, -0.2) is 9.09 Å². The Morgan fingerprint density at radius 1 is 1.29 bits per heavy atom. The molecule has 0 radical (unpaired) electrons. The molecule has 0 aliphatic carbocycles. The van der Waals surface area contributed by atoms with Crippen LogP contribution in [-0.2, 0) is 13.6 Å². The molecule has 0 aromatic carbocycles. The molecular formula is C5H8F5O3P. The molecule has 1 unspecified atom stereocenters. The average molecular weight is 242 g/mol. The molecule has 86 valence electrons. The lowest BCUT2D eigenvalue weighted by Gasteiger charge is -2.23. The molecule has 0 heterocycles. The summed E-state index contributed by atoms with van der Waals surface area (Å²) in [5, 5.41) is 0.